The van der Waals surface area contributed by atoms with Crippen molar-refractivity contribution in [2.75, 3.05) is 39.0 Å². The van der Waals surface area contributed by atoms with Crippen molar-refractivity contribution in [3.05, 3.63) is 170 Å². The van der Waals surface area contributed by atoms with Crippen molar-refractivity contribution in [3.8, 4) is 17.2 Å². The van der Waals surface area contributed by atoms with E-state index in [9.17, 15) is 0 Å². The van der Waals surface area contributed by atoms with Gasteiger partial charge in [-0.2, -0.15) is 0 Å². The van der Waals surface area contributed by atoms with Gasteiger partial charge in [-0.25, -0.2) is 0 Å². The molecule has 0 fully saturated rings. The van der Waals surface area contributed by atoms with Gasteiger partial charge in [0.2, 0.25) is 0 Å². The summed E-state index contributed by atoms with van der Waals surface area (Å²) < 4.78 is 25.9. The van der Waals surface area contributed by atoms with E-state index in [4.69, 9.17) is 18.6 Å². The largest absolute Gasteiger partial charge is 0.497 e. The van der Waals surface area contributed by atoms with Crippen LogP contribution in [0.1, 0.15) is 66.7 Å². The molecule has 0 saturated carbocycles. The quantitative estimate of drug-likeness (QED) is 0.0145. The van der Waals surface area contributed by atoms with Gasteiger partial charge in [-0.15, -0.1) is 23.5 Å². The average molecular weight is 918 g/mol. The summed E-state index contributed by atoms with van der Waals surface area (Å²) in [4.78, 5) is 0. The van der Waals surface area contributed by atoms with E-state index in [0.717, 1.165) is 36.3 Å². The first-order valence-corrected chi connectivity index (χ1v) is 28.5. The second-order valence-electron chi connectivity index (χ2n) is 16.6. The molecule has 0 unspecified atom stereocenters. The Labute approximate surface area is 390 Å². The number of methoxy groups -OCH3 is 3. The summed E-state index contributed by atoms with van der Waals surface area (Å²) in [5.41, 5.74) is 0. The molecule has 4 nitrogen and oxygen atoms in total. The van der Waals surface area contributed by atoms with Crippen molar-refractivity contribution in [3.63, 3.8) is 0 Å². The molecule has 0 heterocycles. The predicted octanol–water partition coefficient (Wildman–Crippen LogP) is 12.4. The Morgan fingerprint density at radius 2 is 1.08 bits per heavy atom. The van der Waals surface area contributed by atoms with Gasteiger partial charge in [0.1, 0.15) is 40.4 Å². The Morgan fingerprint density at radius 1 is 0.587 bits per heavy atom. The number of benzene rings is 5. The standard InChI is InChI=1S/C55H70O4PS2Si/c1-9-61-54(62-10-2)40-23-13-11-12-17-28-45(59-63(55(3,4)5,52-36-19-14-20-37-52)53-38-21-15-22-39-53)29-18-16-24-41-60(49-33-25-30-46(42-49)56-6,50-34-26-31-47(43-50)57-7)51-35-27-32-48(44-51)58-8/h12,14-22,24-27,29-39,42-45,54H,9-11,13,23,28,40-41H2,1-8H3/q+1/b17-12-,24-16+,29-18+/t45-/m1/s1. The number of allylic oxidation sites excluding steroid dienone is 4. The molecule has 0 saturated heterocycles. The lowest BCUT2D eigenvalue weighted by Crippen LogP contribution is -2.67. The first-order chi connectivity index (χ1) is 30.6. The smallest absolute Gasteiger partial charge is 0.261 e. The van der Waals surface area contributed by atoms with Crippen molar-refractivity contribution in [2.24, 2.45) is 0 Å². The van der Waals surface area contributed by atoms with Crippen molar-refractivity contribution in [1.29, 1.82) is 0 Å². The molecule has 0 N–H and O–H groups in total. The van der Waals surface area contributed by atoms with Gasteiger partial charge < -0.3 is 18.6 Å². The summed E-state index contributed by atoms with van der Waals surface area (Å²) in [6.07, 6.45) is 20.1. The molecule has 0 aromatic heterocycles. The Kier molecular flexibility index (Phi) is 20.3. The zero-order valence-electron chi connectivity index (χ0n) is 38.9. The predicted molar refractivity (Wildman–Crippen MR) is 283 cm³/mol. The monoisotopic (exact) mass is 917 g/mol. The number of unbranched alkanes of at least 4 members (excludes halogenated alkanes) is 2. The molecule has 334 valence electrons. The van der Waals surface area contributed by atoms with Crippen LogP contribution in [0, 0.1) is 0 Å². The van der Waals surface area contributed by atoms with E-state index >= 15 is 0 Å². The maximum absolute atomic E-state index is 7.75. The molecular weight excluding hydrogens is 848 g/mol. The van der Waals surface area contributed by atoms with E-state index < -0.39 is 15.6 Å². The number of rotatable bonds is 25. The van der Waals surface area contributed by atoms with Crippen LogP contribution in [0.3, 0.4) is 0 Å². The molecule has 1 atom stereocenters. The Bertz CT molecular complexity index is 2020. The van der Waals surface area contributed by atoms with Crippen molar-refractivity contribution >= 4 is 65.4 Å². The number of hydrogen-bond acceptors (Lipinski definition) is 6. The van der Waals surface area contributed by atoms with Crippen LogP contribution in [0.5, 0.6) is 17.2 Å². The lowest BCUT2D eigenvalue weighted by molar-refractivity contribution is 0.236. The van der Waals surface area contributed by atoms with E-state index in [1.54, 1.807) is 21.3 Å². The SMILES string of the molecule is CCSC(CCCC/C=C\C[C@H](/C=C/C=C/C[P+](c1cccc(OC)c1)(c1cccc(OC)c1)c1cccc(OC)c1)O[Si](c1ccccc1)(c1ccccc1)C(C)(C)C)SCC. The van der Waals surface area contributed by atoms with E-state index in [1.165, 1.54) is 57.1 Å². The third-order valence-corrected chi connectivity index (χ3v) is 23.5. The molecule has 0 aliphatic rings. The first kappa shape index (κ1) is 50.0. The molecule has 63 heavy (non-hydrogen) atoms. The van der Waals surface area contributed by atoms with Crippen molar-refractivity contribution in [1.82, 2.24) is 0 Å². The average Bonchev–Trinajstić information content (AvgIpc) is 3.31. The third-order valence-electron chi connectivity index (χ3n) is 11.5. The summed E-state index contributed by atoms with van der Waals surface area (Å²) >= 11 is 4.19. The van der Waals surface area contributed by atoms with Gasteiger partial charge in [0.25, 0.3) is 8.32 Å². The van der Waals surface area contributed by atoms with Crippen molar-refractivity contribution in [2.45, 2.75) is 82.4 Å². The fourth-order valence-corrected chi connectivity index (χ4v) is 19.7. The number of hydrogen-bond donors (Lipinski definition) is 0. The fraction of sp³-hybridized carbons (Fsp3) is 0.345. The maximum Gasteiger partial charge on any atom is 0.261 e. The normalized spacial score (nSPS) is 13.0. The highest BCUT2D eigenvalue weighted by Crippen LogP contribution is 2.56. The Hall–Kier alpha value is -3.97. The van der Waals surface area contributed by atoms with Crippen LogP contribution in [0.2, 0.25) is 5.04 Å². The maximum atomic E-state index is 7.75. The van der Waals surface area contributed by atoms with Crippen LogP contribution in [-0.2, 0) is 4.43 Å². The molecule has 5 aromatic carbocycles. The molecular formula is C55H70O4PS2Si+. The van der Waals surface area contributed by atoms with Gasteiger partial charge in [0.05, 0.1) is 38.2 Å². The molecule has 0 radical (unpaired) electrons. The number of thioether (sulfide) groups is 2. The minimum atomic E-state index is -2.82. The summed E-state index contributed by atoms with van der Waals surface area (Å²) in [5.74, 6) is 4.86. The van der Waals surface area contributed by atoms with Gasteiger partial charge in [0.15, 0.2) is 0 Å². The van der Waals surface area contributed by atoms with E-state index in [0.29, 0.717) is 4.58 Å². The topological polar surface area (TPSA) is 36.9 Å². The highest BCUT2D eigenvalue weighted by atomic mass is 32.2. The summed E-state index contributed by atoms with van der Waals surface area (Å²) in [5, 5.41) is 6.10. The molecule has 5 rings (SSSR count). The highest BCUT2D eigenvalue weighted by Gasteiger charge is 2.51. The van der Waals surface area contributed by atoms with Crippen LogP contribution < -0.4 is 40.5 Å². The molecule has 0 aliphatic heterocycles. The van der Waals surface area contributed by atoms with Crippen LogP contribution >= 0.6 is 30.8 Å². The van der Waals surface area contributed by atoms with E-state index in [-0.39, 0.29) is 11.1 Å². The lowest BCUT2D eigenvalue weighted by atomic mass is 10.1. The summed E-state index contributed by atoms with van der Waals surface area (Å²) in [6.45, 7) is 11.6. The van der Waals surface area contributed by atoms with E-state index in [2.05, 4.69) is 210 Å². The molecule has 0 aliphatic carbocycles. The van der Waals surface area contributed by atoms with E-state index in [1.807, 2.05) is 18.2 Å². The lowest BCUT2D eigenvalue weighted by Gasteiger charge is -2.44. The highest BCUT2D eigenvalue weighted by molar-refractivity contribution is 8.16. The van der Waals surface area contributed by atoms with Gasteiger partial charge in [-0.1, -0.05) is 150 Å². The second-order valence-corrected chi connectivity index (χ2v) is 27.6. The zero-order chi connectivity index (χ0) is 45.0. The summed E-state index contributed by atoms with van der Waals surface area (Å²) in [7, 11) is 0.0580. The Balaban J connectivity index is 1.53. The van der Waals surface area contributed by atoms with Crippen molar-refractivity contribution < 1.29 is 18.6 Å². The first-order valence-electron chi connectivity index (χ1n) is 22.5. The zero-order valence-corrected chi connectivity index (χ0v) is 42.4. The minimum absolute atomic E-state index is 0.140. The summed E-state index contributed by atoms with van der Waals surface area (Å²) in [6, 6.07) is 47.6. The second kappa shape index (κ2) is 25.5. The molecule has 0 bridgehead atoms. The van der Waals surface area contributed by atoms with Gasteiger partial charge in [-0.3, -0.25) is 0 Å². The van der Waals surface area contributed by atoms with Gasteiger partial charge >= 0.3 is 0 Å². The molecule has 8 heteroatoms. The van der Waals surface area contributed by atoms with Gasteiger partial charge in [-0.05, 0) is 95.1 Å². The van der Waals surface area contributed by atoms with Crippen LogP contribution in [0.15, 0.2) is 170 Å². The fourth-order valence-electron chi connectivity index (χ4n) is 8.39. The molecule has 5 aromatic rings. The minimum Gasteiger partial charge on any atom is -0.497 e. The molecule has 0 amide bonds. The number of ether oxygens (including phenoxy) is 3. The third kappa shape index (κ3) is 13.3. The van der Waals surface area contributed by atoms with Crippen LogP contribution in [0.4, 0.5) is 0 Å². The van der Waals surface area contributed by atoms with Crippen LogP contribution in [0.25, 0.3) is 0 Å². The Morgan fingerprint density at radius 3 is 1.52 bits per heavy atom. The molecule has 0 spiro atoms. The van der Waals surface area contributed by atoms with Gasteiger partial charge in [0, 0.05) is 18.2 Å². The van der Waals surface area contributed by atoms with Crippen LogP contribution in [-0.4, -0.2) is 58.0 Å².